The number of rotatable bonds is 3. The number of benzene rings is 2. The standard InChI is InChI=1S/C13H8BrClO2/c14-10-2-5-11(6-3-10)17-12-4-1-9(8-16)13(15)7-12/h1-8H. The zero-order chi connectivity index (χ0) is 12.3. The van der Waals surface area contributed by atoms with Gasteiger partial charge in [0.25, 0.3) is 0 Å². The SMILES string of the molecule is O=Cc1ccc(Oc2ccc(Br)cc2)cc1Cl. The Morgan fingerprint density at radius 3 is 2.29 bits per heavy atom. The number of carbonyl (C=O) groups is 1. The van der Waals surface area contributed by atoms with Crippen LogP contribution in [-0.4, -0.2) is 6.29 Å². The van der Waals surface area contributed by atoms with Gasteiger partial charge in [-0.2, -0.15) is 0 Å². The Hall–Kier alpha value is -1.32. The van der Waals surface area contributed by atoms with Crippen molar-refractivity contribution in [2.75, 3.05) is 0 Å². The minimum atomic E-state index is 0.384. The van der Waals surface area contributed by atoms with Gasteiger partial charge < -0.3 is 4.74 Å². The third-order valence-electron chi connectivity index (χ3n) is 2.15. The molecular weight excluding hydrogens is 303 g/mol. The molecule has 0 aliphatic heterocycles. The second kappa shape index (κ2) is 5.34. The molecule has 0 fully saturated rings. The van der Waals surface area contributed by atoms with Crippen molar-refractivity contribution in [3.05, 3.63) is 57.5 Å². The summed E-state index contributed by atoms with van der Waals surface area (Å²) in [6.07, 6.45) is 0.714. The summed E-state index contributed by atoms with van der Waals surface area (Å²) in [7, 11) is 0. The molecular formula is C13H8BrClO2. The molecule has 0 unspecified atom stereocenters. The lowest BCUT2D eigenvalue weighted by molar-refractivity contribution is 0.112. The van der Waals surface area contributed by atoms with Gasteiger partial charge in [-0.25, -0.2) is 0 Å². The lowest BCUT2D eigenvalue weighted by Gasteiger charge is -2.06. The topological polar surface area (TPSA) is 26.3 Å². The number of aldehydes is 1. The molecule has 0 aliphatic rings. The van der Waals surface area contributed by atoms with Crippen LogP contribution in [0.3, 0.4) is 0 Å². The molecule has 0 aromatic heterocycles. The minimum Gasteiger partial charge on any atom is -0.457 e. The van der Waals surface area contributed by atoms with Crippen LogP contribution in [0.15, 0.2) is 46.9 Å². The second-order valence-corrected chi connectivity index (χ2v) is 4.68. The van der Waals surface area contributed by atoms with Crippen molar-refractivity contribution >= 4 is 33.8 Å². The van der Waals surface area contributed by atoms with Crippen LogP contribution in [0.25, 0.3) is 0 Å². The van der Waals surface area contributed by atoms with Crippen molar-refractivity contribution in [1.29, 1.82) is 0 Å². The molecule has 0 saturated carbocycles. The van der Waals surface area contributed by atoms with Crippen molar-refractivity contribution < 1.29 is 9.53 Å². The van der Waals surface area contributed by atoms with E-state index >= 15 is 0 Å². The van der Waals surface area contributed by atoms with Crippen molar-refractivity contribution in [1.82, 2.24) is 0 Å². The van der Waals surface area contributed by atoms with Crippen LogP contribution < -0.4 is 4.74 Å². The van der Waals surface area contributed by atoms with Crippen molar-refractivity contribution in [2.24, 2.45) is 0 Å². The van der Waals surface area contributed by atoms with Gasteiger partial charge in [0.2, 0.25) is 0 Å². The number of carbonyl (C=O) groups excluding carboxylic acids is 1. The monoisotopic (exact) mass is 310 g/mol. The number of ether oxygens (including phenoxy) is 1. The highest BCUT2D eigenvalue weighted by Gasteiger charge is 2.02. The predicted molar refractivity (Wildman–Crippen MR) is 71.1 cm³/mol. The molecule has 0 radical (unpaired) electrons. The lowest BCUT2D eigenvalue weighted by Crippen LogP contribution is -1.86. The van der Waals surface area contributed by atoms with Gasteiger partial charge in [0, 0.05) is 16.1 Å². The summed E-state index contributed by atoms with van der Waals surface area (Å²) in [4.78, 5) is 10.6. The number of hydrogen-bond donors (Lipinski definition) is 0. The maximum Gasteiger partial charge on any atom is 0.151 e. The van der Waals surface area contributed by atoms with Gasteiger partial charge in [0.05, 0.1) is 5.02 Å². The summed E-state index contributed by atoms with van der Waals surface area (Å²) in [6, 6.07) is 12.4. The highest BCUT2D eigenvalue weighted by atomic mass is 79.9. The van der Waals surface area contributed by atoms with Gasteiger partial charge >= 0.3 is 0 Å². The Morgan fingerprint density at radius 2 is 1.71 bits per heavy atom. The van der Waals surface area contributed by atoms with E-state index in [1.165, 1.54) is 0 Å². The zero-order valence-electron chi connectivity index (χ0n) is 8.69. The molecule has 0 amide bonds. The molecule has 0 saturated heterocycles. The first-order chi connectivity index (χ1) is 8.19. The first-order valence-electron chi connectivity index (χ1n) is 4.87. The van der Waals surface area contributed by atoms with Crippen molar-refractivity contribution in [3.8, 4) is 11.5 Å². The van der Waals surface area contributed by atoms with Crippen molar-refractivity contribution in [2.45, 2.75) is 0 Å². The molecule has 0 aliphatic carbocycles. The third kappa shape index (κ3) is 3.08. The van der Waals surface area contributed by atoms with Gasteiger partial charge in [-0.3, -0.25) is 4.79 Å². The molecule has 2 aromatic carbocycles. The predicted octanol–water partition coefficient (Wildman–Crippen LogP) is 4.71. The smallest absolute Gasteiger partial charge is 0.151 e. The van der Waals surface area contributed by atoms with E-state index in [9.17, 15) is 4.79 Å². The molecule has 4 heteroatoms. The van der Waals surface area contributed by atoms with Crippen LogP contribution in [0.2, 0.25) is 5.02 Å². The average Bonchev–Trinajstić information content (AvgIpc) is 2.32. The van der Waals surface area contributed by atoms with E-state index in [1.54, 1.807) is 18.2 Å². The molecule has 2 rings (SSSR count). The Labute approximate surface area is 112 Å². The number of halogens is 2. The fourth-order valence-corrected chi connectivity index (χ4v) is 1.79. The van der Waals surface area contributed by atoms with E-state index in [1.807, 2.05) is 24.3 Å². The van der Waals surface area contributed by atoms with E-state index in [2.05, 4.69) is 15.9 Å². The summed E-state index contributed by atoms with van der Waals surface area (Å²) in [5.74, 6) is 1.31. The summed E-state index contributed by atoms with van der Waals surface area (Å²) in [5.41, 5.74) is 0.454. The number of hydrogen-bond acceptors (Lipinski definition) is 2. The molecule has 0 N–H and O–H groups in total. The Bertz CT molecular complexity index is 538. The summed E-state index contributed by atoms with van der Waals surface area (Å²) < 4.78 is 6.58. The molecule has 0 spiro atoms. The lowest BCUT2D eigenvalue weighted by atomic mass is 10.2. The van der Waals surface area contributed by atoms with E-state index in [4.69, 9.17) is 16.3 Å². The fourth-order valence-electron chi connectivity index (χ4n) is 1.31. The molecule has 0 heterocycles. The van der Waals surface area contributed by atoms with Crippen LogP contribution in [0.5, 0.6) is 11.5 Å². The highest BCUT2D eigenvalue weighted by Crippen LogP contribution is 2.26. The van der Waals surface area contributed by atoms with Gasteiger partial charge in [0.1, 0.15) is 11.5 Å². The molecule has 86 valence electrons. The highest BCUT2D eigenvalue weighted by molar-refractivity contribution is 9.10. The minimum absolute atomic E-state index is 0.384. The molecule has 17 heavy (non-hydrogen) atoms. The first kappa shape index (κ1) is 12.1. The second-order valence-electron chi connectivity index (χ2n) is 3.36. The van der Waals surface area contributed by atoms with Gasteiger partial charge in [-0.1, -0.05) is 27.5 Å². The molecule has 0 bridgehead atoms. The summed E-state index contributed by atoms with van der Waals surface area (Å²) in [6.45, 7) is 0. The maximum absolute atomic E-state index is 10.6. The quantitative estimate of drug-likeness (QED) is 0.768. The van der Waals surface area contributed by atoms with Crippen LogP contribution >= 0.6 is 27.5 Å². The van der Waals surface area contributed by atoms with Crippen LogP contribution in [0, 0.1) is 0 Å². The third-order valence-corrected chi connectivity index (χ3v) is 3.00. The zero-order valence-corrected chi connectivity index (χ0v) is 11.0. The van der Waals surface area contributed by atoms with Crippen molar-refractivity contribution in [3.63, 3.8) is 0 Å². The Kier molecular flexibility index (Phi) is 3.82. The van der Waals surface area contributed by atoms with Crippen LogP contribution in [-0.2, 0) is 0 Å². The van der Waals surface area contributed by atoms with Gasteiger partial charge in [-0.15, -0.1) is 0 Å². The summed E-state index contributed by atoms with van der Waals surface area (Å²) in [5, 5.41) is 0.384. The Morgan fingerprint density at radius 1 is 1.06 bits per heavy atom. The van der Waals surface area contributed by atoms with E-state index in [0.717, 1.165) is 4.47 Å². The molecule has 2 aromatic rings. The van der Waals surface area contributed by atoms with E-state index < -0.39 is 0 Å². The average molecular weight is 312 g/mol. The Balaban J connectivity index is 2.21. The maximum atomic E-state index is 10.6. The first-order valence-corrected chi connectivity index (χ1v) is 6.04. The van der Waals surface area contributed by atoms with Gasteiger partial charge in [0.15, 0.2) is 6.29 Å². The summed E-state index contributed by atoms with van der Waals surface area (Å²) >= 11 is 9.25. The van der Waals surface area contributed by atoms with E-state index in [0.29, 0.717) is 28.4 Å². The molecule has 2 nitrogen and oxygen atoms in total. The van der Waals surface area contributed by atoms with Gasteiger partial charge in [-0.05, 0) is 36.4 Å². The molecule has 0 atom stereocenters. The van der Waals surface area contributed by atoms with Crippen LogP contribution in [0.4, 0.5) is 0 Å². The normalized spacial score (nSPS) is 10.0. The van der Waals surface area contributed by atoms with Crippen LogP contribution in [0.1, 0.15) is 10.4 Å². The largest absolute Gasteiger partial charge is 0.457 e. The fraction of sp³-hybridized carbons (Fsp3) is 0. The van der Waals surface area contributed by atoms with E-state index in [-0.39, 0.29) is 0 Å².